The highest BCUT2D eigenvalue weighted by molar-refractivity contribution is 5.78. The van der Waals surface area contributed by atoms with Gasteiger partial charge >= 0.3 is 0 Å². The molecule has 24 heavy (non-hydrogen) atoms. The summed E-state index contributed by atoms with van der Waals surface area (Å²) >= 11 is 0. The molecule has 0 bridgehead atoms. The van der Waals surface area contributed by atoms with Gasteiger partial charge in [0.2, 0.25) is 5.91 Å². The second kappa shape index (κ2) is 6.19. The van der Waals surface area contributed by atoms with E-state index >= 15 is 0 Å². The van der Waals surface area contributed by atoms with Crippen molar-refractivity contribution in [3.8, 4) is 0 Å². The van der Waals surface area contributed by atoms with Crippen molar-refractivity contribution in [2.75, 3.05) is 26.2 Å². The maximum Gasteiger partial charge on any atom is 0.248 e. The van der Waals surface area contributed by atoms with Gasteiger partial charge in [0, 0.05) is 19.6 Å². The van der Waals surface area contributed by atoms with Gasteiger partial charge in [0.1, 0.15) is 18.1 Å². The zero-order chi connectivity index (χ0) is 16.7. The molecule has 3 heterocycles. The number of hydrogen-bond acceptors (Lipinski definition) is 4. The van der Waals surface area contributed by atoms with Gasteiger partial charge < -0.3 is 14.1 Å². The molecule has 1 aromatic heterocycles. The summed E-state index contributed by atoms with van der Waals surface area (Å²) in [7, 11) is 0. The molecule has 1 aliphatic carbocycles. The molecule has 1 spiro atoms. The molecule has 2 saturated heterocycles. The van der Waals surface area contributed by atoms with Crippen molar-refractivity contribution in [1.29, 1.82) is 0 Å². The number of rotatable bonds is 4. The third-order valence-corrected chi connectivity index (χ3v) is 6.06. The van der Waals surface area contributed by atoms with Crippen LogP contribution in [0.15, 0.2) is 16.5 Å². The van der Waals surface area contributed by atoms with E-state index < -0.39 is 0 Å². The summed E-state index contributed by atoms with van der Waals surface area (Å²) < 4.78 is 11.8. The second-order valence-electron chi connectivity index (χ2n) is 7.81. The smallest absolute Gasteiger partial charge is 0.248 e. The summed E-state index contributed by atoms with van der Waals surface area (Å²) in [4.78, 5) is 16.8. The van der Waals surface area contributed by atoms with Crippen LogP contribution < -0.4 is 0 Å². The monoisotopic (exact) mass is 332 g/mol. The molecule has 0 radical (unpaired) electrons. The van der Waals surface area contributed by atoms with Crippen molar-refractivity contribution in [1.82, 2.24) is 9.80 Å². The molecule has 2 aliphatic heterocycles. The van der Waals surface area contributed by atoms with E-state index in [1.165, 1.54) is 12.8 Å². The zero-order valence-corrected chi connectivity index (χ0v) is 14.8. The molecule has 0 N–H and O–H groups in total. The third kappa shape index (κ3) is 3.11. The first kappa shape index (κ1) is 16.2. The Morgan fingerprint density at radius 1 is 1.25 bits per heavy atom. The van der Waals surface area contributed by atoms with Crippen molar-refractivity contribution >= 4 is 5.91 Å². The van der Waals surface area contributed by atoms with E-state index in [1.54, 1.807) is 0 Å². The van der Waals surface area contributed by atoms with Crippen LogP contribution in [0.4, 0.5) is 0 Å². The zero-order valence-electron chi connectivity index (χ0n) is 14.8. The van der Waals surface area contributed by atoms with Crippen LogP contribution in [0.25, 0.3) is 0 Å². The molecule has 4 rings (SSSR count). The summed E-state index contributed by atoms with van der Waals surface area (Å²) in [6.07, 6.45) is 4.53. The fourth-order valence-electron chi connectivity index (χ4n) is 4.19. The van der Waals surface area contributed by atoms with Crippen molar-refractivity contribution in [2.45, 2.75) is 57.7 Å². The molecule has 1 amide bonds. The van der Waals surface area contributed by atoms with E-state index in [0.717, 1.165) is 56.5 Å². The molecule has 0 unspecified atom stereocenters. The number of nitrogens with zero attached hydrogens (tertiary/aromatic N) is 2. The quantitative estimate of drug-likeness (QED) is 0.850. The maximum atomic E-state index is 12.3. The summed E-state index contributed by atoms with van der Waals surface area (Å²) in [5.74, 6) is 2.91. The molecule has 0 aromatic carbocycles. The Labute approximate surface area is 143 Å². The molecule has 3 fully saturated rings. The van der Waals surface area contributed by atoms with Gasteiger partial charge in [0.05, 0.1) is 18.2 Å². The minimum absolute atomic E-state index is 0.154. The van der Waals surface area contributed by atoms with Gasteiger partial charge in [-0.15, -0.1) is 0 Å². The summed E-state index contributed by atoms with van der Waals surface area (Å²) in [5.41, 5.74) is -0.154. The van der Waals surface area contributed by atoms with E-state index in [4.69, 9.17) is 9.15 Å². The van der Waals surface area contributed by atoms with Crippen LogP contribution in [-0.2, 0) is 16.1 Å². The average Bonchev–Trinajstić information content (AvgIpc) is 3.31. The predicted octanol–water partition coefficient (Wildman–Crippen LogP) is 2.58. The van der Waals surface area contributed by atoms with E-state index in [-0.39, 0.29) is 24.2 Å². The summed E-state index contributed by atoms with van der Waals surface area (Å²) in [6, 6.07) is 4.27. The van der Waals surface area contributed by atoms with Gasteiger partial charge in [-0.05, 0) is 57.6 Å². The second-order valence-corrected chi connectivity index (χ2v) is 7.81. The van der Waals surface area contributed by atoms with Crippen LogP contribution in [-0.4, -0.2) is 53.6 Å². The van der Waals surface area contributed by atoms with Gasteiger partial charge in [-0.3, -0.25) is 9.69 Å². The Morgan fingerprint density at radius 2 is 2.00 bits per heavy atom. The van der Waals surface area contributed by atoms with Gasteiger partial charge in [0.25, 0.3) is 0 Å². The SMILES string of the molecule is Cc1ccc(CN2CCC3(CC2)OCC(=O)N(CC2CC2)[C@H]3C)o1. The molecule has 1 saturated carbocycles. The number of amides is 1. The van der Waals surface area contributed by atoms with Crippen LogP contribution in [0.5, 0.6) is 0 Å². The lowest BCUT2D eigenvalue weighted by molar-refractivity contribution is -0.187. The molecule has 5 nitrogen and oxygen atoms in total. The number of ether oxygens (including phenoxy) is 1. The van der Waals surface area contributed by atoms with Crippen LogP contribution >= 0.6 is 0 Å². The Hall–Kier alpha value is -1.33. The van der Waals surface area contributed by atoms with Gasteiger partial charge in [-0.25, -0.2) is 0 Å². The van der Waals surface area contributed by atoms with Crippen molar-refractivity contribution in [3.05, 3.63) is 23.7 Å². The van der Waals surface area contributed by atoms with Crippen LogP contribution in [0.2, 0.25) is 0 Å². The van der Waals surface area contributed by atoms with Crippen molar-refractivity contribution < 1.29 is 13.9 Å². The minimum Gasteiger partial charge on any atom is -0.465 e. The molecular weight excluding hydrogens is 304 g/mol. The number of furan rings is 1. The van der Waals surface area contributed by atoms with Crippen molar-refractivity contribution in [3.63, 3.8) is 0 Å². The number of carbonyl (C=O) groups excluding carboxylic acids is 1. The normalized spacial score (nSPS) is 27.8. The average molecular weight is 332 g/mol. The Kier molecular flexibility index (Phi) is 4.17. The Bertz CT molecular complexity index is 600. The molecule has 1 aromatic rings. The van der Waals surface area contributed by atoms with Crippen LogP contribution in [0.3, 0.4) is 0 Å². The van der Waals surface area contributed by atoms with Gasteiger partial charge in [0.15, 0.2) is 0 Å². The largest absolute Gasteiger partial charge is 0.465 e. The Morgan fingerprint density at radius 3 is 2.62 bits per heavy atom. The summed E-state index contributed by atoms with van der Waals surface area (Å²) in [5, 5.41) is 0. The molecule has 132 valence electrons. The number of likely N-dealkylation sites (tertiary alicyclic amines) is 1. The highest BCUT2D eigenvalue weighted by Gasteiger charge is 2.48. The van der Waals surface area contributed by atoms with Crippen LogP contribution in [0.1, 0.15) is 44.1 Å². The topological polar surface area (TPSA) is 45.9 Å². The highest BCUT2D eigenvalue weighted by atomic mass is 16.5. The number of piperidine rings is 1. The van der Waals surface area contributed by atoms with E-state index in [0.29, 0.717) is 0 Å². The minimum atomic E-state index is -0.154. The van der Waals surface area contributed by atoms with E-state index in [9.17, 15) is 4.79 Å². The number of morpholine rings is 1. The first-order chi connectivity index (χ1) is 11.6. The lowest BCUT2D eigenvalue weighted by Crippen LogP contribution is -2.64. The lowest BCUT2D eigenvalue weighted by Gasteiger charge is -2.51. The first-order valence-electron chi connectivity index (χ1n) is 9.27. The highest BCUT2D eigenvalue weighted by Crippen LogP contribution is 2.38. The lowest BCUT2D eigenvalue weighted by atomic mass is 9.82. The van der Waals surface area contributed by atoms with E-state index in [2.05, 4.69) is 22.8 Å². The fourth-order valence-corrected chi connectivity index (χ4v) is 4.19. The maximum absolute atomic E-state index is 12.3. The van der Waals surface area contributed by atoms with Crippen LogP contribution in [0, 0.1) is 12.8 Å². The van der Waals surface area contributed by atoms with Crippen molar-refractivity contribution in [2.24, 2.45) is 5.92 Å². The number of aryl methyl sites for hydroxylation is 1. The number of hydrogen-bond donors (Lipinski definition) is 0. The number of carbonyl (C=O) groups is 1. The fraction of sp³-hybridized carbons (Fsp3) is 0.737. The van der Waals surface area contributed by atoms with E-state index in [1.807, 2.05) is 13.0 Å². The molecule has 5 heteroatoms. The molecule has 3 aliphatic rings. The summed E-state index contributed by atoms with van der Waals surface area (Å²) in [6.45, 7) is 8.21. The first-order valence-corrected chi connectivity index (χ1v) is 9.27. The predicted molar refractivity (Wildman–Crippen MR) is 90.5 cm³/mol. The molecular formula is C19H28N2O3. The standard InChI is InChI=1S/C19H28N2O3/c1-14-3-6-17(24-14)12-20-9-7-19(8-10-20)15(2)21(11-16-4-5-16)18(22)13-23-19/h3,6,15-16H,4-5,7-13H2,1-2H3/t15-/m0/s1. The molecule has 1 atom stereocenters. The third-order valence-electron chi connectivity index (χ3n) is 6.06. The Balaban J connectivity index is 1.38. The van der Waals surface area contributed by atoms with Gasteiger partial charge in [-0.1, -0.05) is 0 Å². The van der Waals surface area contributed by atoms with Gasteiger partial charge in [-0.2, -0.15) is 0 Å².